The molecular formula is C22H28FIN4O3. The van der Waals surface area contributed by atoms with Crippen molar-refractivity contribution in [3.63, 3.8) is 0 Å². The monoisotopic (exact) mass is 542 g/mol. The second-order valence-corrected chi connectivity index (χ2v) is 7.36. The zero-order valence-corrected chi connectivity index (χ0v) is 19.8. The highest BCUT2D eigenvalue weighted by Gasteiger charge is 2.32. The maximum atomic E-state index is 14.5. The minimum atomic E-state index is -0.419. The number of benzene rings is 1. The Morgan fingerprint density at radius 1 is 1.29 bits per heavy atom. The van der Waals surface area contributed by atoms with Gasteiger partial charge in [0.2, 0.25) is 0 Å². The van der Waals surface area contributed by atoms with Gasteiger partial charge in [-0.2, -0.15) is 0 Å². The Bertz CT molecular complexity index is 865. The van der Waals surface area contributed by atoms with E-state index in [1.54, 1.807) is 37.6 Å². The number of guanidine groups is 1. The Morgan fingerprint density at radius 3 is 2.87 bits per heavy atom. The molecule has 0 spiro atoms. The van der Waals surface area contributed by atoms with Gasteiger partial charge in [0.25, 0.3) is 0 Å². The molecule has 2 aliphatic heterocycles. The summed E-state index contributed by atoms with van der Waals surface area (Å²) in [6.07, 6.45) is 5.53. The highest BCUT2D eigenvalue weighted by molar-refractivity contribution is 14.0. The van der Waals surface area contributed by atoms with Gasteiger partial charge in [0.1, 0.15) is 11.9 Å². The van der Waals surface area contributed by atoms with E-state index in [1.807, 2.05) is 6.07 Å². The van der Waals surface area contributed by atoms with Crippen LogP contribution < -0.4 is 10.1 Å². The summed E-state index contributed by atoms with van der Waals surface area (Å²) in [4.78, 5) is 10.5. The topological polar surface area (TPSA) is 68.2 Å². The minimum absolute atomic E-state index is 0. The summed E-state index contributed by atoms with van der Waals surface area (Å²) in [6, 6.07) is 8.42. The molecule has 168 valence electrons. The van der Waals surface area contributed by atoms with Crippen molar-refractivity contribution in [1.29, 1.82) is 0 Å². The number of aliphatic imine (C=N–C) groups is 1. The molecule has 4 rings (SSSR count). The van der Waals surface area contributed by atoms with Crippen LogP contribution in [0, 0.1) is 5.82 Å². The first-order valence-electron chi connectivity index (χ1n) is 10.3. The van der Waals surface area contributed by atoms with Crippen LogP contribution in [0.15, 0.2) is 47.7 Å². The Hall–Kier alpha value is -1.98. The van der Waals surface area contributed by atoms with Gasteiger partial charge in [-0.3, -0.25) is 9.98 Å². The number of aromatic nitrogens is 1. The van der Waals surface area contributed by atoms with Crippen LogP contribution in [0.5, 0.6) is 11.5 Å². The van der Waals surface area contributed by atoms with E-state index >= 15 is 0 Å². The second kappa shape index (κ2) is 11.6. The van der Waals surface area contributed by atoms with Crippen LogP contribution in [-0.4, -0.2) is 61.4 Å². The third-order valence-electron chi connectivity index (χ3n) is 5.29. The van der Waals surface area contributed by atoms with Gasteiger partial charge in [0.15, 0.2) is 17.5 Å². The van der Waals surface area contributed by atoms with Crippen LogP contribution in [0.1, 0.15) is 18.4 Å². The van der Waals surface area contributed by atoms with E-state index in [0.29, 0.717) is 18.9 Å². The molecule has 0 bridgehead atoms. The highest BCUT2D eigenvalue weighted by atomic mass is 127. The van der Waals surface area contributed by atoms with Gasteiger partial charge in [0, 0.05) is 39.5 Å². The van der Waals surface area contributed by atoms with E-state index in [0.717, 1.165) is 44.1 Å². The maximum absolute atomic E-state index is 14.5. The van der Waals surface area contributed by atoms with Gasteiger partial charge in [0.05, 0.1) is 18.9 Å². The molecule has 0 radical (unpaired) electrons. The summed E-state index contributed by atoms with van der Waals surface area (Å²) in [7, 11) is 1.75. The molecule has 2 saturated heterocycles. The quantitative estimate of drug-likeness (QED) is 0.354. The fourth-order valence-electron chi connectivity index (χ4n) is 3.77. The van der Waals surface area contributed by atoms with Crippen molar-refractivity contribution in [2.75, 3.05) is 33.4 Å². The molecule has 0 saturated carbocycles. The number of halogens is 2. The molecule has 1 N–H and O–H groups in total. The standard InChI is InChI=1S/C22H27FN4O3.HI/c1-24-22(27-9-11-29-21(15-27)20-5-3-10-28-20)26-13-16-6-7-19(18(23)12-16)30-17-4-2-8-25-14-17;/h2,4,6-8,12,14,20-21H,3,5,9-11,13,15H2,1H3,(H,24,26);1H. The Balaban J connectivity index is 0.00000272. The Kier molecular flexibility index (Phi) is 8.85. The number of hydrogen-bond donors (Lipinski definition) is 1. The molecule has 3 heterocycles. The minimum Gasteiger partial charge on any atom is -0.453 e. The molecule has 0 aliphatic carbocycles. The normalized spacial score (nSPS) is 21.5. The van der Waals surface area contributed by atoms with Crippen LogP contribution in [0.2, 0.25) is 0 Å². The molecular weight excluding hydrogens is 514 g/mol. The molecule has 2 aliphatic rings. The van der Waals surface area contributed by atoms with Gasteiger partial charge in [-0.15, -0.1) is 24.0 Å². The molecule has 2 unspecified atom stereocenters. The van der Waals surface area contributed by atoms with Crippen LogP contribution >= 0.6 is 24.0 Å². The summed E-state index contributed by atoms with van der Waals surface area (Å²) < 4.78 is 31.7. The number of nitrogens with one attached hydrogen (secondary N) is 1. The average molecular weight is 542 g/mol. The largest absolute Gasteiger partial charge is 0.453 e. The highest BCUT2D eigenvalue weighted by Crippen LogP contribution is 2.25. The van der Waals surface area contributed by atoms with Crippen molar-refractivity contribution in [3.8, 4) is 11.5 Å². The zero-order valence-electron chi connectivity index (χ0n) is 17.5. The zero-order chi connectivity index (χ0) is 20.8. The first-order valence-corrected chi connectivity index (χ1v) is 10.3. The van der Waals surface area contributed by atoms with Crippen molar-refractivity contribution in [3.05, 3.63) is 54.1 Å². The smallest absolute Gasteiger partial charge is 0.194 e. The predicted molar refractivity (Wildman–Crippen MR) is 127 cm³/mol. The first kappa shape index (κ1) is 23.7. The molecule has 9 heteroatoms. The van der Waals surface area contributed by atoms with Gasteiger partial charge >= 0.3 is 0 Å². The summed E-state index contributed by atoms with van der Waals surface area (Å²) in [5.41, 5.74) is 0.802. The van der Waals surface area contributed by atoms with Gasteiger partial charge in [-0.1, -0.05) is 6.07 Å². The molecule has 2 atom stereocenters. The Morgan fingerprint density at radius 2 is 2.16 bits per heavy atom. The molecule has 2 fully saturated rings. The van der Waals surface area contributed by atoms with E-state index < -0.39 is 5.82 Å². The number of rotatable bonds is 5. The number of morpholine rings is 1. The average Bonchev–Trinajstić information content (AvgIpc) is 3.32. The van der Waals surface area contributed by atoms with Crippen molar-refractivity contribution < 1.29 is 18.6 Å². The van der Waals surface area contributed by atoms with Crippen molar-refractivity contribution >= 4 is 29.9 Å². The summed E-state index contributed by atoms with van der Waals surface area (Å²) >= 11 is 0. The van der Waals surface area contributed by atoms with Crippen LogP contribution in [0.25, 0.3) is 0 Å². The van der Waals surface area contributed by atoms with Gasteiger partial charge in [-0.25, -0.2) is 4.39 Å². The Labute approximate surface area is 199 Å². The fraction of sp³-hybridized carbons (Fsp3) is 0.455. The lowest BCUT2D eigenvalue weighted by Crippen LogP contribution is -2.53. The van der Waals surface area contributed by atoms with E-state index in [2.05, 4.69) is 20.2 Å². The van der Waals surface area contributed by atoms with E-state index in [-0.39, 0.29) is 41.9 Å². The molecule has 31 heavy (non-hydrogen) atoms. The summed E-state index contributed by atoms with van der Waals surface area (Å²) in [5.74, 6) is 1.02. The number of hydrogen-bond acceptors (Lipinski definition) is 5. The summed E-state index contributed by atoms with van der Waals surface area (Å²) in [5, 5.41) is 3.33. The van der Waals surface area contributed by atoms with E-state index in [4.69, 9.17) is 14.2 Å². The van der Waals surface area contributed by atoms with Crippen molar-refractivity contribution in [2.45, 2.75) is 31.6 Å². The summed E-state index contributed by atoms with van der Waals surface area (Å²) in [6.45, 7) is 3.40. The van der Waals surface area contributed by atoms with E-state index in [1.165, 1.54) is 6.07 Å². The number of nitrogens with zero attached hydrogens (tertiary/aromatic N) is 3. The molecule has 2 aromatic rings. The molecule has 7 nitrogen and oxygen atoms in total. The number of pyridine rings is 1. The maximum Gasteiger partial charge on any atom is 0.194 e. The first-order chi connectivity index (χ1) is 14.7. The SMILES string of the molecule is CN=C(NCc1ccc(Oc2cccnc2)c(F)c1)N1CCOC(C2CCCO2)C1.I. The van der Waals surface area contributed by atoms with Crippen LogP contribution in [0.4, 0.5) is 4.39 Å². The second-order valence-electron chi connectivity index (χ2n) is 7.36. The van der Waals surface area contributed by atoms with Crippen LogP contribution in [0.3, 0.4) is 0 Å². The lowest BCUT2D eigenvalue weighted by atomic mass is 10.1. The fourth-order valence-corrected chi connectivity index (χ4v) is 3.77. The number of ether oxygens (including phenoxy) is 3. The predicted octanol–water partition coefficient (Wildman–Crippen LogP) is 3.59. The van der Waals surface area contributed by atoms with Gasteiger partial charge < -0.3 is 24.4 Å². The lowest BCUT2D eigenvalue weighted by molar-refractivity contribution is -0.0817. The molecule has 1 aromatic heterocycles. The lowest BCUT2D eigenvalue weighted by Gasteiger charge is -2.37. The van der Waals surface area contributed by atoms with Gasteiger partial charge in [-0.05, 0) is 42.7 Å². The molecule has 1 aromatic carbocycles. The van der Waals surface area contributed by atoms with E-state index in [9.17, 15) is 4.39 Å². The molecule has 0 amide bonds. The third kappa shape index (κ3) is 6.27. The van der Waals surface area contributed by atoms with Crippen LogP contribution in [-0.2, 0) is 16.0 Å². The van der Waals surface area contributed by atoms with Crippen molar-refractivity contribution in [2.24, 2.45) is 4.99 Å². The third-order valence-corrected chi connectivity index (χ3v) is 5.29. The van der Waals surface area contributed by atoms with Crippen molar-refractivity contribution in [1.82, 2.24) is 15.2 Å².